The molecular weight excluding hydrogens is 304 g/mol. The molecule has 7 nitrogen and oxygen atoms in total. The summed E-state index contributed by atoms with van der Waals surface area (Å²) in [5, 5.41) is 13.0. The lowest BCUT2D eigenvalue weighted by Crippen LogP contribution is -2.51. The van der Waals surface area contributed by atoms with Crippen molar-refractivity contribution in [3.05, 3.63) is 17.5 Å². The van der Waals surface area contributed by atoms with Gasteiger partial charge in [0.25, 0.3) is 10.0 Å². The van der Waals surface area contributed by atoms with E-state index in [1.807, 2.05) is 0 Å². The van der Waals surface area contributed by atoms with Crippen LogP contribution < -0.4 is 10.0 Å². The monoisotopic (exact) mass is 318 g/mol. The third-order valence-electron chi connectivity index (χ3n) is 3.01. The number of amides is 1. The first kappa shape index (κ1) is 14.9. The Balaban J connectivity index is 2.00. The van der Waals surface area contributed by atoms with Gasteiger partial charge in [-0.15, -0.1) is 11.3 Å². The van der Waals surface area contributed by atoms with E-state index in [0.29, 0.717) is 12.8 Å². The van der Waals surface area contributed by atoms with E-state index in [0.717, 1.165) is 11.3 Å². The molecule has 1 atom stereocenters. The van der Waals surface area contributed by atoms with Gasteiger partial charge >= 0.3 is 5.97 Å². The van der Waals surface area contributed by atoms with E-state index in [2.05, 4.69) is 10.0 Å². The lowest BCUT2D eigenvalue weighted by atomic mass is 10.2. The zero-order valence-electron chi connectivity index (χ0n) is 10.6. The summed E-state index contributed by atoms with van der Waals surface area (Å²) in [5.74, 6) is -1.75. The van der Waals surface area contributed by atoms with Crippen LogP contribution in [0.15, 0.2) is 21.7 Å². The van der Waals surface area contributed by atoms with E-state index >= 15 is 0 Å². The molecule has 3 N–H and O–H groups in total. The summed E-state index contributed by atoms with van der Waals surface area (Å²) in [7, 11) is -3.76. The maximum Gasteiger partial charge on any atom is 0.329 e. The van der Waals surface area contributed by atoms with Gasteiger partial charge in [0.05, 0.1) is 6.04 Å². The van der Waals surface area contributed by atoms with Crippen LogP contribution in [0, 0.1) is 0 Å². The van der Waals surface area contributed by atoms with Crippen LogP contribution >= 0.6 is 11.3 Å². The molecule has 1 heterocycles. The van der Waals surface area contributed by atoms with E-state index in [1.165, 1.54) is 13.0 Å². The molecule has 1 fully saturated rings. The van der Waals surface area contributed by atoms with Gasteiger partial charge in [0.15, 0.2) is 0 Å². The molecule has 0 aliphatic heterocycles. The second-order valence-corrected chi connectivity index (χ2v) is 7.54. The first-order valence-electron chi connectivity index (χ1n) is 5.88. The molecule has 9 heteroatoms. The zero-order chi connectivity index (χ0) is 15.0. The van der Waals surface area contributed by atoms with Gasteiger partial charge in [-0.1, -0.05) is 6.07 Å². The van der Waals surface area contributed by atoms with E-state index in [4.69, 9.17) is 5.11 Å². The summed E-state index contributed by atoms with van der Waals surface area (Å²) in [4.78, 5) is 22.8. The molecular formula is C11H14N2O5S2. The Morgan fingerprint density at radius 2 is 2.10 bits per heavy atom. The maximum atomic E-state index is 11.9. The Morgan fingerprint density at radius 3 is 2.55 bits per heavy atom. The van der Waals surface area contributed by atoms with Crippen LogP contribution in [0.4, 0.5) is 0 Å². The average Bonchev–Trinajstić information content (AvgIpc) is 2.92. The molecule has 1 aliphatic rings. The maximum absolute atomic E-state index is 11.9. The van der Waals surface area contributed by atoms with Crippen LogP contribution in [-0.4, -0.2) is 37.0 Å². The lowest BCUT2D eigenvalue weighted by molar-refractivity contribution is -0.143. The molecule has 0 bridgehead atoms. The van der Waals surface area contributed by atoms with Crippen molar-refractivity contribution in [3.63, 3.8) is 0 Å². The molecule has 110 valence electrons. The Morgan fingerprint density at radius 1 is 1.45 bits per heavy atom. The van der Waals surface area contributed by atoms with E-state index < -0.39 is 33.5 Å². The largest absolute Gasteiger partial charge is 0.480 e. The van der Waals surface area contributed by atoms with Crippen molar-refractivity contribution in [3.8, 4) is 0 Å². The highest BCUT2D eigenvalue weighted by Gasteiger charge is 2.52. The number of aliphatic carboxylic acids is 1. The van der Waals surface area contributed by atoms with Gasteiger partial charge in [0.1, 0.15) is 9.75 Å². The molecule has 20 heavy (non-hydrogen) atoms. The highest BCUT2D eigenvalue weighted by molar-refractivity contribution is 7.91. The summed E-state index contributed by atoms with van der Waals surface area (Å²) in [6.07, 6.45) is 0.719. The Kier molecular flexibility index (Phi) is 3.85. The number of rotatable bonds is 6. The number of hydrogen-bond acceptors (Lipinski definition) is 5. The fourth-order valence-corrected chi connectivity index (χ4v) is 3.83. The quantitative estimate of drug-likeness (QED) is 0.691. The molecule has 1 aromatic heterocycles. The number of hydrogen-bond donors (Lipinski definition) is 3. The average molecular weight is 318 g/mol. The second-order valence-electron chi connectivity index (χ2n) is 4.65. The van der Waals surface area contributed by atoms with Gasteiger partial charge in [-0.25, -0.2) is 13.2 Å². The van der Waals surface area contributed by atoms with Gasteiger partial charge in [-0.3, -0.25) is 4.79 Å². The Labute approximate surface area is 120 Å². The predicted octanol–water partition coefficient (Wildman–Crippen LogP) is 0.148. The smallest absolute Gasteiger partial charge is 0.329 e. The van der Waals surface area contributed by atoms with Crippen LogP contribution in [0.5, 0.6) is 0 Å². The fraction of sp³-hybridized carbons (Fsp3) is 0.455. The number of thiophene rings is 1. The van der Waals surface area contributed by atoms with Gasteiger partial charge in [-0.05, 0) is 31.2 Å². The summed E-state index contributed by atoms with van der Waals surface area (Å²) in [6, 6.07) is 1.98. The van der Waals surface area contributed by atoms with Crippen molar-refractivity contribution in [1.29, 1.82) is 0 Å². The third-order valence-corrected chi connectivity index (χ3v) is 5.95. The molecule has 0 saturated heterocycles. The van der Waals surface area contributed by atoms with Crippen molar-refractivity contribution in [1.82, 2.24) is 10.0 Å². The third kappa shape index (κ3) is 3.00. The topological polar surface area (TPSA) is 113 Å². The van der Waals surface area contributed by atoms with Crippen molar-refractivity contribution in [2.75, 3.05) is 0 Å². The van der Waals surface area contributed by atoms with E-state index in [9.17, 15) is 18.0 Å². The highest BCUT2D eigenvalue weighted by atomic mass is 32.2. The van der Waals surface area contributed by atoms with Crippen LogP contribution in [0.1, 0.15) is 19.8 Å². The van der Waals surface area contributed by atoms with Crippen molar-refractivity contribution >= 4 is 33.2 Å². The minimum Gasteiger partial charge on any atom is -0.480 e. The molecule has 2 rings (SSSR count). The van der Waals surface area contributed by atoms with E-state index in [1.54, 1.807) is 11.4 Å². The normalized spacial score (nSPS) is 18.2. The predicted molar refractivity (Wildman–Crippen MR) is 71.8 cm³/mol. The summed E-state index contributed by atoms with van der Waals surface area (Å²) >= 11 is 1.04. The van der Waals surface area contributed by atoms with Crippen molar-refractivity contribution < 1.29 is 23.1 Å². The minimum absolute atomic E-state index is 0.108. The number of sulfonamides is 1. The number of carbonyl (C=O) groups is 2. The highest BCUT2D eigenvalue weighted by Crippen LogP contribution is 2.35. The summed E-state index contributed by atoms with van der Waals surface area (Å²) in [5.41, 5.74) is -1.22. The fourth-order valence-electron chi connectivity index (χ4n) is 1.62. The van der Waals surface area contributed by atoms with Crippen molar-refractivity contribution in [2.45, 2.75) is 35.6 Å². The van der Waals surface area contributed by atoms with Gasteiger partial charge in [0.2, 0.25) is 5.91 Å². The van der Waals surface area contributed by atoms with Gasteiger partial charge in [-0.2, -0.15) is 4.72 Å². The first-order chi connectivity index (χ1) is 9.27. The standard InChI is InChI=1S/C11H14N2O5S2/c1-7(9(14)12-11(4-5-11)10(15)16)13-20(17,18)8-3-2-6-19-8/h2-3,6-7,13H,4-5H2,1H3,(H,12,14)(H,15,16). The first-order valence-corrected chi connectivity index (χ1v) is 8.24. The van der Waals surface area contributed by atoms with Crippen LogP contribution in [0.2, 0.25) is 0 Å². The summed E-state index contributed by atoms with van der Waals surface area (Å²) in [6.45, 7) is 1.37. The molecule has 1 aliphatic carbocycles. The Hall–Kier alpha value is -1.45. The molecule has 0 aromatic carbocycles. The molecule has 0 spiro atoms. The van der Waals surface area contributed by atoms with Gasteiger partial charge < -0.3 is 10.4 Å². The van der Waals surface area contributed by atoms with Gasteiger partial charge in [0, 0.05) is 0 Å². The SMILES string of the molecule is CC(NS(=O)(=O)c1cccs1)C(=O)NC1(C(=O)O)CC1. The molecule has 1 aromatic rings. The van der Waals surface area contributed by atoms with Crippen LogP contribution in [0.25, 0.3) is 0 Å². The second kappa shape index (κ2) is 5.15. The lowest BCUT2D eigenvalue weighted by Gasteiger charge is -2.17. The number of nitrogens with one attached hydrogen (secondary N) is 2. The number of carbonyl (C=O) groups excluding carboxylic acids is 1. The van der Waals surface area contributed by atoms with Crippen LogP contribution in [-0.2, 0) is 19.6 Å². The Bertz CT molecular complexity index is 619. The zero-order valence-corrected chi connectivity index (χ0v) is 12.3. The van der Waals surface area contributed by atoms with E-state index in [-0.39, 0.29) is 4.21 Å². The van der Waals surface area contributed by atoms with Crippen molar-refractivity contribution in [2.24, 2.45) is 0 Å². The number of carboxylic acid groups (broad SMARTS) is 1. The molecule has 1 saturated carbocycles. The molecule has 0 radical (unpaired) electrons. The molecule has 1 unspecified atom stereocenters. The minimum atomic E-state index is -3.76. The molecule has 1 amide bonds. The summed E-state index contributed by atoms with van der Waals surface area (Å²) < 4.78 is 26.2. The number of carboxylic acids is 1. The van der Waals surface area contributed by atoms with Crippen LogP contribution in [0.3, 0.4) is 0 Å².